The minimum atomic E-state index is -2.04. The third kappa shape index (κ3) is 4.38. The van der Waals surface area contributed by atoms with Crippen molar-refractivity contribution in [3.8, 4) is 10.4 Å². The highest BCUT2D eigenvalue weighted by Crippen LogP contribution is 2.37. The third-order valence-electron chi connectivity index (χ3n) is 6.20. The van der Waals surface area contributed by atoms with E-state index in [1.165, 1.54) is 47.3 Å². The molecule has 0 aliphatic rings. The lowest BCUT2D eigenvalue weighted by Crippen LogP contribution is -2.43. The van der Waals surface area contributed by atoms with Gasteiger partial charge in [0.05, 0.1) is 29.4 Å². The summed E-state index contributed by atoms with van der Waals surface area (Å²) in [5, 5.41) is 26.7. The van der Waals surface area contributed by atoms with Gasteiger partial charge in [-0.05, 0) is 36.8 Å². The smallest absolute Gasteiger partial charge is 0.271 e. The van der Waals surface area contributed by atoms with Crippen LogP contribution in [0.2, 0.25) is 0 Å². The molecule has 0 amide bonds. The van der Waals surface area contributed by atoms with E-state index < -0.39 is 33.8 Å². The number of aliphatic hydroxyl groups is 1. The van der Waals surface area contributed by atoms with Crippen LogP contribution in [-0.2, 0) is 12.1 Å². The van der Waals surface area contributed by atoms with Crippen LogP contribution in [-0.4, -0.2) is 34.3 Å². The van der Waals surface area contributed by atoms with Crippen molar-refractivity contribution in [3.63, 3.8) is 0 Å². The van der Waals surface area contributed by atoms with Gasteiger partial charge in [-0.2, -0.15) is 5.10 Å². The van der Waals surface area contributed by atoms with Crippen molar-refractivity contribution in [3.05, 3.63) is 105 Å². The lowest BCUT2D eigenvalue weighted by Gasteiger charge is -2.35. The van der Waals surface area contributed by atoms with Crippen LogP contribution in [0.4, 0.5) is 14.5 Å². The van der Waals surface area contributed by atoms with E-state index in [1.807, 2.05) is 0 Å². The molecule has 0 fully saturated rings. The van der Waals surface area contributed by atoms with Crippen molar-refractivity contribution in [1.82, 2.24) is 24.3 Å². The maximum Gasteiger partial charge on any atom is 0.271 e. The molecule has 5 rings (SSSR count). The molecule has 0 saturated carbocycles. The summed E-state index contributed by atoms with van der Waals surface area (Å²) in [6.45, 7) is 1.25. The van der Waals surface area contributed by atoms with Crippen molar-refractivity contribution < 1.29 is 18.8 Å². The monoisotopic (exact) mass is 524 g/mol. The average molecular weight is 525 g/mol. The number of fused-ring (bicyclic) bond motifs is 1. The van der Waals surface area contributed by atoms with Gasteiger partial charge in [0.25, 0.3) is 11.2 Å². The molecule has 10 nitrogen and oxygen atoms in total. The van der Waals surface area contributed by atoms with Gasteiger partial charge >= 0.3 is 0 Å². The van der Waals surface area contributed by atoms with Crippen molar-refractivity contribution in [2.24, 2.45) is 0 Å². The number of nitro benzene ring substituents is 1. The molecule has 0 saturated heterocycles. The molecule has 3 heterocycles. The summed E-state index contributed by atoms with van der Waals surface area (Å²) in [6.07, 6.45) is 3.84. The van der Waals surface area contributed by atoms with E-state index in [9.17, 15) is 28.8 Å². The number of hydrogen-bond acceptors (Lipinski definition) is 8. The molecule has 0 bridgehead atoms. The van der Waals surface area contributed by atoms with Crippen LogP contribution in [0.1, 0.15) is 18.5 Å². The molecule has 2 atom stereocenters. The predicted octanol–water partition coefficient (Wildman–Crippen LogP) is 4.05. The van der Waals surface area contributed by atoms with Crippen molar-refractivity contribution >= 4 is 27.2 Å². The molecule has 188 valence electrons. The fourth-order valence-corrected chi connectivity index (χ4v) is 5.22. The molecule has 0 aliphatic carbocycles. The summed E-state index contributed by atoms with van der Waals surface area (Å²) < 4.78 is 31.3. The van der Waals surface area contributed by atoms with Crippen LogP contribution in [0.5, 0.6) is 0 Å². The Morgan fingerprint density at radius 2 is 1.92 bits per heavy atom. The summed E-state index contributed by atoms with van der Waals surface area (Å²) in [7, 11) is 0. The Morgan fingerprint density at radius 3 is 2.57 bits per heavy atom. The van der Waals surface area contributed by atoms with E-state index in [0.717, 1.165) is 23.5 Å². The van der Waals surface area contributed by atoms with Crippen molar-refractivity contribution in [2.45, 2.75) is 25.1 Å². The number of non-ortho nitro benzene ring substituents is 1. The molecular formula is C24H18F2N6O4S. The van der Waals surface area contributed by atoms with Crippen molar-refractivity contribution in [2.75, 3.05) is 0 Å². The zero-order chi connectivity index (χ0) is 26.3. The SMILES string of the molecule is C[C@@H](n1cnc2cc(-c3ccc([N+](=O)[O-])cc3)sc2c1=O)[C@](O)(Cn1cncn1)c1ccc(F)cc1F. The highest BCUT2D eigenvalue weighted by Gasteiger charge is 2.41. The van der Waals surface area contributed by atoms with E-state index >= 15 is 0 Å². The van der Waals surface area contributed by atoms with Crippen LogP contribution < -0.4 is 5.56 Å². The highest BCUT2D eigenvalue weighted by atomic mass is 32.1. The zero-order valence-electron chi connectivity index (χ0n) is 19.2. The molecule has 5 aromatic rings. The number of hydrogen-bond donors (Lipinski definition) is 1. The lowest BCUT2D eigenvalue weighted by atomic mass is 9.86. The fraction of sp³-hybridized carbons (Fsp3) is 0.167. The molecule has 0 unspecified atom stereocenters. The second kappa shape index (κ2) is 9.26. The first kappa shape index (κ1) is 24.3. The van der Waals surface area contributed by atoms with Gasteiger partial charge in [0.15, 0.2) is 0 Å². The molecule has 3 aromatic heterocycles. The highest BCUT2D eigenvalue weighted by molar-refractivity contribution is 7.22. The van der Waals surface area contributed by atoms with Gasteiger partial charge < -0.3 is 5.11 Å². The van der Waals surface area contributed by atoms with E-state index in [2.05, 4.69) is 15.1 Å². The Hall–Kier alpha value is -4.36. The first-order chi connectivity index (χ1) is 17.7. The zero-order valence-corrected chi connectivity index (χ0v) is 20.0. The van der Waals surface area contributed by atoms with Gasteiger partial charge in [-0.3, -0.25) is 19.5 Å². The van der Waals surface area contributed by atoms with Crippen LogP contribution in [0.25, 0.3) is 20.7 Å². The second-order valence-electron chi connectivity index (χ2n) is 8.40. The Bertz CT molecular complexity index is 1670. The predicted molar refractivity (Wildman–Crippen MR) is 131 cm³/mol. The Labute approximate surface area is 211 Å². The molecule has 0 aliphatic heterocycles. The van der Waals surface area contributed by atoms with Crippen LogP contribution in [0, 0.1) is 21.7 Å². The largest absolute Gasteiger partial charge is 0.381 e. The number of benzene rings is 2. The summed E-state index contributed by atoms with van der Waals surface area (Å²) >= 11 is 1.14. The van der Waals surface area contributed by atoms with Crippen LogP contribution >= 0.6 is 11.3 Å². The molecule has 0 spiro atoms. The molecular weight excluding hydrogens is 506 g/mol. The van der Waals surface area contributed by atoms with E-state index in [4.69, 9.17) is 0 Å². The standard InChI is InChI=1S/C24H18F2N6O4S/c1-14(24(34,10-30-12-27-11-29-30)18-7-4-16(25)8-19(18)26)31-13-28-20-9-21(37-22(20)23(31)33)15-2-5-17(6-3-15)32(35)36/h2-9,11-14,34H,10H2,1H3/t14-,24-/m1/s1. The number of thiophene rings is 1. The molecule has 2 aromatic carbocycles. The summed E-state index contributed by atoms with van der Waals surface area (Å²) in [5.41, 5.74) is -1.72. The molecule has 37 heavy (non-hydrogen) atoms. The van der Waals surface area contributed by atoms with Gasteiger partial charge in [0.1, 0.15) is 34.6 Å². The number of halogens is 2. The molecule has 1 N–H and O–H groups in total. The quantitative estimate of drug-likeness (QED) is 0.251. The minimum absolute atomic E-state index is 0.0566. The number of rotatable bonds is 7. The first-order valence-electron chi connectivity index (χ1n) is 10.9. The van der Waals surface area contributed by atoms with E-state index in [0.29, 0.717) is 22.0 Å². The van der Waals surface area contributed by atoms with Crippen LogP contribution in [0.3, 0.4) is 0 Å². The lowest BCUT2D eigenvalue weighted by molar-refractivity contribution is -0.384. The Balaban J connectivity index is 1.59. The summed E-state index contributed by atoms with van der Waals surface area (Å²) in [5.74, 6) is -1.79. The Kier molecular flexibility index (Phi) is 6.09. The topological polar surface area (TPSA) is 129 Å². The second-order valence-corrected chi connectivity index (χ2v) is 9.46. The van der Waals surface area contributed by atoms with Gasteiger partial charge in [-0.15, -0.1) is 11.3 Å². The van der Waals surface area contributed by atoms with Gasteiger partial charge in [0.2, 0.25) is 0 Å². The molecule has 0 radical (unpaired) electrons. The normalized spacial score (nSPS) is 13.9. The summed E-state index contributed by atoms with van der Waals surface area (Å²) in [4.78, 5) is 32.8. The van der Waals surface area contributed by atoms with Gasteiger partial charge in [-0.1, -0.05) is 6.07 Å². The molecule has 13 heteroatoms. The Morgan fingerprint density at radius 1 is 1.16 bits per heavy atom. The maximum absolute atomic E-state index is 14.9. The summed E-state index contributed by atoms with van der Waals surface area (Å²) in [6, 6.07) is 9.35. The third-order valence-corrected chi connectivity index (χ3v) is 7.36. The maximum atomic E-state index is 14.9. The fourth-order valence-electron chi connectivity index (χ4n) is 4.16. The van der Waals surface area contributed by atoms with Gasteiger partial charge in [-0.25, -0.2) is 23.4 Å². The van der Waals surface area contributed by atoms with Crippen LogP contribution in [0.15, 0.2) is 72.3 Å². The number of nitro groups is 1. The van der Waals surface area contributed by atoms with E-state index in [1.54, 1.807) is 18.2 Å². The van der Waals surface area contributed by atoms with Crippen molar-refractivity contribution in [1.29, 1.82) is 0 Å². The minimum Gasteiger partial charge on any atom is -0.381 e. The van der Waals surface area contributed by atoms with Gasteiger partial charge in [0, 0.05) is 28.6 Å². The van der Waals surface area contributed by atoms with E-state index in [-0.39, 0.29) is 22.5 Å². The number of aromatic nitrogens is 5. The number of nitrogens with zero attached hydrogens (tertiary/aromatic N) is 6. The first-order valence-corrected chi connectivity index (χ1v) is 11.7. The average Bonchev–Trinajstić information content (AvgIpc) is 3.54.